The van der Waals surface area contributed by atoms with E-state index in [1.165, 1.54) is 42.6 Å². The second-order valence-corrected chi connectivity index (χ2v) is 7.15. The Bertz CT molecular complexity index is 1230. The van der Waals surface area contributed by atoms with Crippen molar-refractivity contribution in [2.75, 3.05) is 11.9 Å². The van der Waals surface area contributed by atoms with Gasteiger partial charge in [0.05, 0.1) is 12.8 Å². The van der Waals surface area contributed by atoms with Gasteiger partial charge in [-0.05, 0) is 72.6 Å². The van der Waals surface area contributed by atoms with Crippen LogP contribution in [0.4, 0.5) is 10.1 Å². The van der Waals surface area contributed by atoms with E-state index in [-0.39, 0.29) is 18.0 Å². The fourth-order valence-corrected chi connectivity index (χ4v) is 2.86. The summed E-state index contributed by atoms with van der Waals surface area (Å²) in [5.41, 5.74) is 9.28. The maximum atomic E-state index is 13.1. The highest BCUT2D eigenvalue weighted by Gasteiger charge is 2.13. The van der Waals surface area contributed by atoms with Gasteiger partial charge in [-0.25, -0.2) is 9.82 Å². The molecule has 3 amide bonds. The van der Waals surface area contributed by atoms with Crippen molar-refractivity contribution in [3.63, 3.8) is 0 Å². The Hall–Kier alpha value is -4.73. The van der Waals surface area contributed by atoms with Gasteiger partial charge < -0.3 is 20.5 Å². The summed E-state index contributed by atoms with van der Waals surface area (Å²) in [6.07, 6.45) is 1.35. The zero-order valence-electron chi connectivity index (χ0n) is 18.8. The van der Waals surface area contributed by atoms with E-state index in [0.717, 1.165) is 5.56 Å². The standard InChI is InChI=1S/C25H23FN4O5/c1-2-34-22-13-17(5-12-21(22)35-15-16-3-8-19(26)9-4-16)14-28-30-25(33)24(32)29-20-10-6-18(7-11-20)23(27)31/h3-14H,2,15H2,1H3,(H2,27,31)(H,29,32)(H,30,33). The van der Waals surface area contributed by atoms with Crippen LogP contribution in [0.1, 0.15) is 28.4 Å². The number of nitrogens with zero attached hydrogens (tertiary/aromatic N) is 1. The molecule has 0 saturated heterocycles. The molecule has 0 aliphatic rings. The number of anilines is 1. The van der Waals surface area contributed by atoms with Crippen molar-refractivity contribution in [2.24, 2.45) is 10.8 Å². The van der Waals surface area contributed by atoms with E-state index >= 15 is 0 Å². The molecule has 4 N–H and O–H groups in total. The highest BCUT2D eigenvalue weighted by molar-refractivity contribution is 6.39. The number of hydrogen-bond donors (Lipinski definition) is 3. The first-order valence-corrected chi connectivity index (χ1v) is 10.5. The molecular weight excluding hydrogens is 455 g/mol. The van der Waals surface area contributed by atoms with Gasteiger partial charge in [-0.15, -0.1) is 0 Å². The Morgan fingerprint density at radius 1 is 0.943 bits per heavy atom. The molecule has 0 aromatic heterocycles. The number of halogens is 1. The Balaban J connectivity index is 1.57. The largest absolute Gasteiger partial charge is 0.490 e. The number of nitrogens with one attached hydrogen (secondary N) is 2. The fourth-order valence-electron chi connectivity index (χ4n) is 2.86. The molecule has 0 aliphatic heterocycles. The average molecular weight is 478 g/mol. The number of hydrazone groups is 1. The monoisotopic (exact) mass is 478 g/mol. The van der Waals surface area contributed by atoms with E-state index in [0.29, 0.717) is 29.4 Å². The predicted molar refractivity (Wildman–Crippen MR) is 128 cm³/mol. The Kier molecular flexibility index (Phi) is 8.49. The lowest BCUT2D eigenvalue weighted by atomic mass is 10.2. The molecule has 0 radical (unpaired) electrons. The first kappa shape index (κ1) is 24.9. The lowest BCUT2D eigenvalue weighted by Gasteiger charge is -2.12. The third kappa shape index (κ3) is 7.39. The summed E-state index contributed by atoms with van der Waals surface area (Å²) in [6.45, 7) is 2.44. The summed E-state index contributed by atoms with van der Waals surface area (Å²) >= 11 is 0. The number of ether oxygens (including phenoxy) is 2. The van der Waals surface area contributed by atoms with Gasteiger partial charge in [0.1, 0.15) is 12.4 Å². The van der Waals surface area contributed by atoms with Crippen LogP contribution < -0.4 is 25.9 Å². The predicted octanol–water partition coefficient (Wildman–Crippen LogP) is 2.99. The number of benzene rings is 3. The molecule has 3 rings (SSSR count). The molecular formula is C25H23FN4O5. The first-order chi connectivity index (χ1) is 16.9. The molecule has 0 unspecified atom stereocenters. The number of amides is 3. The van der Waals surface area contributed by atoms with Crippen LogP contribution >= 0.6 is 0 Å². The number of hydrogen-bond acceptors (Lipinski definition) is 6. The molecule has 3 aromatic rings. The summed E-state index contributed by atoms with van der Waals surface area (Å²) in [5, 5.41) is 6.18. The zero-order valence-corrected chi connectivity index (χ0v) is 18.8. The summed E-state index contributed by atoms with van der Waals surface area (Å²) in [5.74, 6) is -1.90. The second-order valence-electron chi connectivity index (χ2n) is 7.15. The van der Waals surface area contributed by atoms with Crippen LogP contribution in [0.2, 0.25) is 0 Å². The molecule has 0 heterocycles. The Morgan fingerprint density at radius 3 is 2.31 bits per heavy atom. The maximum Gasteiger partial charge on any atom is 0.329 e. The average Bonchev–Trinajstić information content (AvgIpc) is 2.85. The van der Waals surface area contributed by atoms with Crippen LogP contribution in [0.5, 0.6) is 11.5 Å². The minimum atomic E-state index is -0.982. The molecule has 35 heavy (non-hydrogen) atoms. The number of primary amides is 1. The van der Waals surface area contributed by atoms with E-state index < -0.39 is 17.7 Å². The molecule has 10 heteroatoms. The summed E-state index contributed by atoms with van der Waals surface area (Å²) in [6, 6.07) is 16.8. The minimum Gasteiger partial charge on any atom is -0.490 e. The van der Waals surface area contributed by atoms with Gasteiger partial charge in [0.15, 0.2) is 11.5 Å². The molecule has 0 aliphatic carbocycles. The molecule has 0 fully saturated rings. The van der Waals surface area contributed by atoms with Gasteiger partial charge in [-0.1, -0.05) is 12.1 Å². The van der Waals surface area contributed by atoms with Gasteiger partial charge in [-0.3, -0.25) is 14.4 Å². The number of carbonyl (C=O) groups excluding carboxylic acids is 3. The molecule has 9 nitrogen and oxygen atoms in total. The highest BCUT2D eigenvalue weighted by atomic mass is 19.1. The number of carbonyl (C=O) groups is 3. The third-order valence-electron chi connectivity index (χ3n) is 4.59. The maximum absolute atomic E-state index is 13.1. The Labute approximate surface area is 200 Å². The van der Waals surface area contributed by atoms with E-state index in [2.05, 4.69) is 15.8 Å². The lowest BCUT2D eigenvalue weighted by molar-refractivity contribution is -0.136. The summed E-state index contributed by atoms with van der Waals surface area (Å²) in [4.78, 5) is 35.1. The van der Waals surface area contributed by atoms with Gasteiger partial charge in [0.25, 0.3) is 0 Å². The molecule has 3 aromatic carbocycles. The van der Waals surface area contributed by atoms with Gasteiger partial charge in [0.2, 0.25) is 5.91 Å². The lowest BCUT2D eigenvalue weighted by Crippen LogP contribution is -2.32. The van der Waals surface area contributed by atoms with Crippen LogP contribution in [0, 0.1) is 5.82 Å². The van der Waals surface area contributed by atoms with Crippen LogP contribution in [-0.4, -0.2) is 30.5 Å². The Morgan fingerprint density at radius 2 is 1.66 bits per heavy atom. The van der Waals surface area contributed by atoms with Crippen molar-refractivity contribution < 1.29 is 28.2 Å². The highest BCUT2D eigenvalue weighted by Crippen LogP contribution is 2.29. The van der Waals surface area contributed by atoms with E-state index in [9.17, 15) is 18.8 Å². The van der Waals surface area contributed by atoms with Crippen molar-refractivity contribution in [3.05, 3.63) is 89.2 Å². The van der Waals surface area contributed by atoms with Crippen LogP contribution in [0.3, 0.4) is 0 Å². The number of nitrogens with two attached hydrogens (primary N) is 1. The second kappa shape index (κ2) is 11.9. The van der Waals surface area contributed by atoms with Crippen LogP contribution in [0.25, 0.3) is 0 Å². The van der Waals surface area contributed by atoms with Gasteiger partial charge >= 0.3 is 11.8 Å². The van der Waals surface area contributed by atoms with Crippen molar-refractivity contribution in [1.29, 1.82) is 0 Å². The normalized spacial score (nSPS) is 10.6. The molecule has 0 saturated carbocycles. The van der Waals surface area contributed by atoms with E-state index in [1.807, 2.05) is 6.92 Å². The van der Waals surface area contributed by atoms with E-state index in [4.69, 9.17) is 15.2 Å². The van der Waals surface area contributed by atoms with Crippen molar-refractivity contribution >= 4 is 29.6 Å². The first-order valence-electron chi connectivity index (χ1n) is 10.5. The minimum absolute atomic E-state index is 0.226. The van der Waals surface area contributed by atoms with Crippen molar-refractivity contribution in [1.82, 2.24) is 5.43 Å². The SMILES string of the molecule is CCOc1cc(C=NNC(=O)C(=O)Nc2ccc(C(N)=O)cc2)ccc1OCc1ccc(F)cc1. The van der Waals surface area contributed by atoms with Gasteiger partial charge in [0, 0.05) is 11.3 Å². The van der Waals surface area contributed by atoms with Gasteiger partial charge in [-0.2, -0.15) is 5.10 Å². The molecule has 0 atom stereocenters. The number of rotatable bonds is 9. The van der Waals surface area contributed by atoms with Crippen LogP contribution in [0.15, 0.2) is 71.8 Å². The van der Waals surface area contributed by atoms with Crippen LogP contribution in [-0.2, 0) is 16.2 Å². The smallest absolute Gasteiger partial charge is 0.329 e. The quantitative estimate of drug-likeness (QED) is 0.247. The summed E-state index contributed by atoms with van der Waals surface area (Å²) in [7, 11) is 0. The summed E-state index contributed by atoms with van der Waals surface area (Å²) < 4.78 is 24.4. The zero-order chi connectivity index (χ0) is 25.2. The molecule has 180 valence electrons. The van der Waals surface area contributed by atoms with Crippen molar-refractivity contribution in [3.8, 4) is 11.5 Å². The fraction of sp³-hybridized carbons (Fsp3) is 0.120. The van der Waals surface area contributed by atoms with E-state index in [1.54, 1.807) is 30.3 Å². The molecule has 0 spiro atoms. The molecule has 0 bridgehead atoms. The topological polar surface area (TPSA) is 132 Å². The van der Waals surface area contributed by atoms with Crippen molar-refractivity contribution in [2.45, 2.75) is 13.5 Å². The third-order valence-corrected chi connectivity index (χ3v) is 4.59.